The zero-order chi connectivity index (χ0) is 25.8. The number of rotatable bonds is 9. The van der Waals surface area contributed by atoms with E-state index >= 15 is 0 Å². The molecule has 0 bridgehead atoms. The molecule has 0 saturated heterocycles. The fourth-order valence-corrected chi connectivity index (χ4v) is 5.04. The Labute approximate surface area is 212 Å². The van der Waals surface area contributed by atoms with Gasteiger partial charge in [0.1, 0.15) is 27.0 Å². The van der Waals surface area contributed by atoms with Crippen LogP contribution in [0.25, 0.3) is 10.6 Å². The predicted molar refractivity (Wildman–Crippen MR) is 129 cm³/mol. The van der Waals surface area contributed by atoms with E-state index in [1.807, 2.05) is 13.0 Å². The van der Waals surface area contributed by atoms with Crippen LogP contribution >= 0.6 is 34.3 Å². The van der Waals surface area contributed by atoms with Gasteiger partial charge in [0.25, 0.3) is 5.91 Å². The van der Waals surface area contributed by atoms with Crippen molar-refractivity contribution in [2.24, 2.45) is 0 Å². The van der Waals surface area contributed by atoms with Crippen molar-refractivity contribution in [3.8, 4) is 10.6 Å². The fourth-order valence-electron chi connectivity index (χ4n) is 3.12. The number of aryl methyl sites for hydroxylation is 1. The van der Waals surface area contributed by atoms with Crippen LogP contribution in [0.3, 0.4) is 0 Å². The molecule has 35 heavy (non-hydrogen) atoms. The van der Waals surface area contributed by atoms with Crippen LogP contribution in [-0.2, 0) is 4.79 Å². The molecule has 3 atom stereocenters. The molecule has 0 aliphatic rings. The monoisotopic (exact) mass is 546 g/mol. The third-order valence-electron chi connectivity index (χ3n) is 4.98. The van der Waals surface area contributed by atoms with Crippen LogP contribution in [0.2, 0.25) is 5.02 Å². The number of hydrogen-bond donors (Lipinski definition) is 3. The lowest BCUT2D eigenvalue weighted by Crippen LogP contribution is -2.49. The first-order valence-corrected chi connectivity index (χ1v) is 12.5. The van der Waals surface area contributed by atoms with Crippen molar-refractivity contribution in [3.05, 3.63) is 56.4 Å². The lowest BCUT2D eigenvalue weighted by molar-refractivity contribution is -0.140. The molecule has 13 heteroatoms. The molecule has 1 aromatic carbocycles. The summed E-state index contributed by atoms with van der Waals surface area (Å²) in [5.41, 5.74) is 1.64. The van der Waals surface area contributed by atoms with Gasteiger partial charge < -0.3 is 15.7 Å². The van der Waals surface area contributed by atoms with Crippen molar-refractivity contribution < 1.29 is 27.9 Å². The number of nitrogens with zero attached hydrogens (tertiary/aromatic N) is 2. The maximum absolute atomic E-state index is 12.8. The number of benzene rings is 1. The van der Waals surface area contributed by atoms with Crippen LogP contribution in [-0.4, -0.2) is 45.1 Å². The lowest BCUT2D eigenvalue weighted by atomic mass is 10.0. The van der Waals surface area contributed by atoms with Crippen LogP contribution < -0.4 is 10.6 Å². The van der Waals surface area contributed by atoms with Crippen molar-refractivity contribution in [2.45, 2.75) is 51.1 Å². The van der Waals surface area contributed by atoms with Gasteiger partial charge in [-0.1, -0.05) is 23.7 Å². The summed E-state index contributed by atoms with van der Waals surface area (Å²) in [6.45, 7) is 3.29. The maximum Gasteiger partial charge on any atom is 0.389 e. The zero-order valence-electron chi connectivity index (χ0n) is 18.6. The molecule has 1 unspecified atom stereocenters. The van der Waals surface area contributed by atoms with Crippen molar-refractivity contribution >= 4 is 46.1 Å². The van der Waals surface area contributed by atoms with E-state index in [0.717, 1.165) is 28.2 Å². The highest BCUT2D eigenvalue weighted by molar-refractivity contribution is 7.17. The van der Waals surface area contributed by atoms with Crippen LogP contribution in [0.5, 0.6) is 0 Å². The number of alkyl halides is 3. The van der Waals surface area contributed by atoms with Crippen LogP contribution in [0, 0.1) is 6.92 Å². The molecule has 3 aromatic rings. The number of hydrogen-bond acceptors (Lipinski definition) is 7. The van der Waals surface area contributed by atoms with Gasteiger partial charge in [-0.05, 0) is 31.9 Å². The Bertz CT molecular complexity index is 1170. The Morgan fingerprint density at radius 3 is 2.60 bits per heavy atom. The van der Waals surface area contributed by atoms with Gasteiger partial charge in [0.2, 0.25) is 5.91 Å². The molecule has 2 aromatic heterocycles. The van der Waals surface area contributed by atoms with Gasteiger partial charge in [0, 0.05) is 23.6 Å². The quantitative estimate of drug-likeness (QED) is 0.354. The number of aliphatic hydroxyl groups excluding tert-OH is 1. The van der Waals surface area contributed by atoms with Crippen molar-refractivity contribution in [2.75, 3.05) is 0 Å². The smallest absolute Gasteiger partial charge is 0.384 e. The number of carbonyl (C=O) groups is 2. The van der Waals surface area contributed by atoms with Crippen molar-refractivity contribution in [3.63, 3.8) is 0 Å². The van der Waals surface area contributed by atoms with Gasteiger partial charge >= 0.3 is 6.18 Å². The van der Waals surface area contributed by atoms with E-state index in [0.29, 0.717) is 15.6 Å². The average molecular weight is 547 g/mol. The second-order valence-electron chi connectivity index (χ2n) is 7.79. The van der Waals surface area contributed by atoms with Gasteiger partial charge in [-0.15, -0.1) is 22.7 Å². The number of aliphatic hydroxyl groups is 1. The molecular weight excluding hydrogens is 525 g/mol. The summed E-state index contributed by atoms with van der Waals surface area (Å²) in [6, 6.07) is 3.11. The largest absolute Gasteiger partial charge is 0.389 e. The van der Waals surface area contributed by atoms with Gasteiger partial charge in [-0.25, -0.2) is 9.97 Å². The van der Waals surface area contributed by atoms with Crippen LogP contribution in [0.15, 0.2) is 36.0 Å². The maximum atomic E-state index is 12.8. The SMILES string of the molecule is Cc1ccc(-c2ncc(C(=O)N[C@@H](C)C(=O)N[C@@H](CCC(F)(F)F)C(O)c3nccs3)s2)c(Cl)c1. The first-order chi connectivity index (χ1) is 16.4. The summed E-state index contributed by atoms with van der Waals surface area (Å²) in [5, 5.41) is 18.1. The summed E-state index contributed by atoms with van der Waals surface area (Å²) in [4.78, 5) is 33.7. The van der Waals surface area contributed by atoms with E-state index in [2.05, 4.69) is 20.6 Å². The molecule has 3 N–H and O–H groups in total. The Hall–Kier alpha value is -2.54. The summed E-state index contributed by atoms with van der Waals surface area (Å²) in [7, 11) is 0. The summed E-state index contributed by atoms with van der Waals surface area (Å²) >= 11 is 8.41. The second-order valence-corrected chi connectivity index (χ2v) is 10.2. The number of thiazole rings is 2. The van der Waals surface area contributed by atoms with E-state index in [1.165, 1.54) is 19.3 Å². The molecule has 0 spiro atoms. The lowest BCUT2D eigenvalue weighted by Gasteiger charge is -2.25. The Morgan fingerprint density at radius 1 is 1.23 bits per heavy atom. The first kappa shape index (κ1) is 27.1. The van der Waals surface area contributed by atoms with E-state index in [4.69, 9.17) is 11.6 Å². The van der Waals surface area contributed by atoms with E-state index in [-0.39, 0.29) is 9.88 Å². The second kappa shape index (κ2) is 11.5. The van der Waals surface area contributed by atoms with Crippen LogP contribution in [0.1, 0.15) is 46.1 Å². The Kier molecular flexibility index (Phi) is 8.86. The minimum absolute atomic E-state index is 0.182. The van der Waals surface area contributed by atoms with E-state index in [1.54, 1.807) is 17.5 Å². The Balaban J connectivity index is 1.65. The van der Waals surface area contributed by atoms with Crippen LogP contribution in [0.4, 0.5) is 13.2 Å². The normalized spacial score (nSPS) is 14.3. The van der Waals surface area contributed by atoms with E-state index in [9.17, 15) is 27.9 Å². The molecule has 0 radical (unpaired) electrons. The van der Waals surface area contributed by atoms with Crippen molar-refractivity contribution in [1.82, 2.24) is 20.6 Å². The third kappa shape index (κ3) is 7.47. The number of carbonyl (C=O) groups excluding carboxylic acids is 2. The Morgan fingerprint density at radius 2 is 1.97 bits per heavy atom. The highest BCUT2D eigenvalue weighted by Gasteiger charge is 2.33. The molecule has 188 valence electrons. The van der Waals surface area contributed by atoms with Gasteiger partial charge in [-0.2, -0.15) is 13.2 Å². The molecule has 2 heterocycles. The number of halogens is 4. The van der Waals surface area contributed by atoms with Crippen molar-refractivity contribution in [1.29, 1.82) is 0 Å². The standard InChI is InChI=1S/C22H22ClF3N4O3S2/c1-11-3-4-13(14(23)9-11)20-28-10-16(35-20)19(33)29-12(2)18(32)30-15(5-6-22(24,25)26)17(31)21-27-7-8-34-21/h3-4,7-10,12,15,17,31H,5-6H2,1-2H3,(H,29,33)(H,30,32)/t12-,15-,17?/m0/s1. The fraction of sp³-hybridized carbons (Fsp3) is 0.364. The summed E-state index contributed by atoms with van der Waals surface area (Å²) in [5.74, 6) is -1.32. The van der Waals surface area contributed by atoms with E-state index < -0.39 is 49.0 Å². The summed E-state index contributed by atoms with van der Waals surface area (Å²) in [6.07, 6.45) is -4.88. The number of amides is 2. The topological polar surface area (TPSA) is 104 Å². The third-order valence-corrected chi connectivity index (χ3v) is 7.17. The van der Waals surface area contributed by atoms with Gasteiger partial charge in [-0.3, -0.25) is 9.59 Å². The minimum atomic E-state index is -4.46. The molecule has 0 aliphatic carbocycles. The molecule has 7 nitrogen and oxygen atoms in total. The average Bonchev–Trinajstić information content (AvgIpc) is 3.47. The first-order valence-electron chi connectivity index (χ1n) is 10.4. The zero-order valence-corrected chi connectivity index (χ0v) is 21.0. The molecule has 0 fully saturated rings. The minimum Gasteiger partial charge on any atom is -0.384 e. The number of nitrogens with one attached hydrogen (secondary N) is 2. The molecular formula is C22H22ClF3N4O3S2. The highest BCUT2D eigenvalue weighted by Crippen LogP contribution is 2.32. The molecule has 0 aliphatic heterocycles. The highest BCUT2D eigenvalue weighted by atomic mass is 35.5. The predicted octanol–water partition coefficient (Wildman–Crippen LogP) is 4.91. The summed E-state index contributed by atoms with van der Waals surface area (Å²) < 4.78 is 38.3. The number of aromatic nitrogens is 2. The molecule has 2 amide bonds. The van der Waals surface area contributed by atoms with Gasteiger partial charge in [0.05, 0.1) is 17.3 Å². The molecule has 0 saturated carbocycles. The molecule has 3 rings (SSSR count). The van der Waals surface area contributed by atoms with Gasteiger partial charge in [0.15, 0.2) is 0 Å².